The van der Waals surface area contributed by atoms with Gasteiger partial charge in [0.1, 0.15) is 5.78 Å². The van der Waals surface area contributed by atoms with Gasteiger partial charge in [-0.15, -0.1) is 0 Å². The van der Waals surface area contributed by atoms with Gasteiger partial charge in [-0.2, -0.15) is 0 Å². The first kappa shape index (κ1) is 23.0. The SMILES string of the molecule is CC(C)NCCOC(C)(C)OCCNC(=O)CCCC(=O)C(C)C. The molecule has 0 aliphatic rings. The maximum Gasteiger partial charge on any atom is 0.220 e. The molecule has 2 N–H and O–H groups in total. The second-order valence-electron chi connectivity index (χ2n) is 7.03. The van der Waals surface area contributed by atoms with Gasteiger partial charge in [0.15, 0.2) is 5.79 Å². The van der Waals surface area contributed by atoms with Crippen LogP contribution in [0.25, 0.3) is 0 Å². The standard InChI is InChI=1S/C18H36N2O4/c1-14(2)16(21)8-7-9-17(22)20-11-13-24-18(5,6)23-12-10-19-15(3)4/h14-15,19H,7-13H2,1-6H3,(H,20,22). The molecule has 0 aromatic rings. The minimum absolute atomic E-state index is 0.0411. The van der Waals surface area contributed by atoms with E-state index in [9.17, 15) is 9.59 Å². The van der Waals surface area contributed by atoms with Crippen LogP contribution >= 0.6 is 0 Å². The van der Waals surface area contributed by atoms with Crippen molar-refractivity contribution in [3.8, 4) is 0 Å². The summed E-state index contributed by atoms with van der Waals surface area (Å²) >= 11 is 0. The number of ketones is 1. The van der Waals surface area contributed by atoms with Crippen molar-refractivity contribution >= 4 is 11.7 Å². The summed E-state index contributed by atoms with van der Waals surface area (Å²) in [6.45, 7) is 13.8. The molecule has 0 unspecified atom stereocenters. The smallest absolute Gasteiger partial charge is 0.220 e. The largest absolute Gasteiger partial charge is 0.354 e. The third-order valence-corrected chi connectivity index (χ3v) is 3.45. The molecule has 0 bridgehead atoms. The Kier molecular flexibility index (Phi) is 11.9. The van der Waals surface area contributed by atoms with Gasteiger partial charge in [0, 0.05) is 37.9 Å². The number of carbonyl (C=O) groups is 2. The number of Topliss-reactive ketones (excluding diaryl/α,β-unsaturated/α-hetero) is 1. The molecule has 0 aromatic heterocycles. The van der Waals surface area contributed by atoms with E-state index in [1.807, 2.05) is 27.7 Å². The molecule has 0 fully saturated rings. The molecule has 24 heavy (non-hydrogen) atoms. The topological polar surface area (TPSA) is 76.7 Å². The predicted molar refractivity (Wildman–Crippen MR) is 95.8 cm³/mol. The summed E-state index contributed by atoms with van der Waals surface area (Å²) in [4.78, 5) is 23.1. The molecule has 0 aromatic carbocycles. The lowest BCUT2D eigenvalue weighted by Crippen LogP contribution is -2.36. The highest BCUT2D eigenvalue weighted by atomic mass is 16.7. The van der Waals surface area contributed by atoms with Crippen LogP contribution in [0.5, 0.6) is 0 Å². The van der Waals surface area contributed by atoms with E-state index < -0.39 is 5.79 Å². The van der Waals surface area contributed by atoms with E-state index in [-0.39, 0.29) is 17.6 Å². The molecule has 0 radical (unpaired) electrons. The third kappa shape index (κ3) is 13.5. The Morgan fingerprint density at radius 3 is 2.08 bits per heavy atom. The lowest BCUT2D eigenvalue weighted by atomic mass is 10.0. The highest BCUT2D eigenvalue weighted by molar-refractivity contribution is 5.81. The Morgan fingerprint density at radius 2 is 1.54 bits per heavy atom. The molecule has 0 aliphatic carbocycles. The molecular formula is C18H36N2O4. The molecule has 0 saturated heterocycles. The number of hydrogen-bond donors (Lipinski definition) is 2. The summed E-state index contributed by atoms with van der Waals surface area (Å²) in [7, 11) is 0. The summed E-state index contributed by atoms with van der Waals surface area (Å²) in [5.41, 5.74) is 0. The number of hydrogen-bond acceptors (Lipinski definition) is 5. The average molecular weight is 344 g/mol. The van der Waals surface area contributed by atoms with E-state index in [4.69, 9.17) is 9.47 Å². The number of amides is 1. The predicted octanol–water partition coefficient (Wildman–Crippen LogP) is 2.27. The van der Waals surface area contributed by atoms with E-state index in [0.717, 1.165) is 6.54 Å². The van der Waals surface area contributed by atoms with Crippen molar-refractivity contribution in [3.05, 3.63) is 0 Å². The third-order valence-electron chi connectivity index (χ3n) is 3.45. The van der Waals surface area contributed by atoms with Gasteiger partial charge < -0.3 is 20.1 Å². The van der Waals surface area contributed by atoms with Crippen LogP contribution in [0.1, 0.15) is 60.8 Å². The van der Waals surface area contributed by atoms with Crippen LogP contribution in [0.15, 0.2) is 0 Å². The molecule has 0 heterocycles. The molecule has 0 spiro atoms. The van der Waals surface area contributed by atoms with Crippen molar-refractivity contribution in [2.24, 2.45) is 5.92 Å². The molecule has 0 aliphatic heterocycles. The average Bonchev–Trinajstić information content (AvgIpc) is 2.48. The van der Waals surface area contributed by atoms with Crippen molar-refractivity contribution < 1.29 is 19.1 Å². The Hall–Kier alpha value is -0.980. The number of carbonyl (C=O) groups excluding carboxylic acids is 2. The van der Waals surface area contributed by atoms with Gasteiger partial charge in [-0.1, -0.05) is 27.7 Å². The molecule has 0 saturated carbocycles. The quantitative estimate of drug-likeness (QED) is 0.373. The number of nitrogens with one attached hydrogen (secondary N) is 2. The Bertz CT molecular complexity index is 368. The van der Waals surface area contributed by atoms with Crippen LogP contribution in [0.4, 0.5) is 0 Å². The maximum atomic E-state index is 11.7. The molecule has 6 heteroatoms. The zero-order chi connectivity index (χ0) is 18.6. The van der Waals surface area contributed by atoms with E-state index in [0.29, 0.717) is 45.1 Å². The van der Waals surface area contributed by atoms with Crippen molar-refractivity contribution in [2.75, 3.05) is 26.3 Å². The fraction of sp³-hybridized carbons (Fsp3) is 0.889. The highest BCUT2D eigenvalue weighted by Crippen LogP contribution is 2.10. The van der Waals surface area contributed by atoms with Gasteiger partial charge in [-0.25, -0.2) is 0 Å². The highest BCUT2D eigenvalue weighted by Gasteiger charge is 2.18. The molecular weight excluding hydrogens is 308 g/mol. The second-order valence-corrected chi connectivity index (χ2v) is 7.03. The van der Waals surface area contributed by atoms with Crippen LogP contribution in [0, 0.1) is 5.92 Å². The van der Waals surface area contributed by atoms with Gasteiger partial charge in [-0.05, 0) is 20.3 Å². The summed E-state index contributed by atoms with van der Waals surface area (Å²) in [5.74, 6) is -0.473. The first-order valence-corrected chi connectivity index (χ1v) is 8.94. The summed E-state index contributed by atoms with van der Waals surface area (Å²) < 4.78 is 11.3. The summed E-state index contributed by atoms with van der Waals surface area (Å²) in [6.07, 6.45) is 1.44. The second kappa shape index (κ2) is 12.4. The molecule has 6 nitrogen and oxygen atoms in total. The minimum Gasteiger partial charge on any atom is -0.354 e. The zero-order valence-electron chi connectivity index (χ0n) is 16.2. The fourth-order valence-electron chi connectivity index (χ4n) is 1.97. The first-order chi connectivity index (χ1) is 11.1. The lowest BCUT2D eigenvalue weighted by Gasteiger charge is -2.26. The summed E-state index contributed by atoms with van der Waals surface area (Å²) in [6, 6.07) is 0.434. The molecule has 142 valence electrons. The normalized spacial score (nSPS) is 12.0. The molecule has 0 atom stereocenters. The van der Waals surface area contributed by atoms with E-state index >= 15 is 0 Å². The van der Waals surface area contributed by atoms with Crippen molar-refractivity contribution in [1.82, 2.24) is 10.6 Å². The number of rotatable bonds is 14. The number of ether oxygens (including phenoxy) is 2. The maximum absolute atomic E-state index is 11.7. The van der Waals surface area contributed by atoms with Gasteiger partial charge >= 0.3 is 0 Å². The van der Waals surface area contributed by atoms with Crippen LogP contribution in [-0.4, -0.2) is 49.8 Å². The Balaban J connectivity index is 3.68. The van der Waals surface area contributed by atoms with Crippen LogP contribution in [-0.2, 0) is 19.1 Å². The van der Waals surface area contributed by atoms with Gasteiger partial charge in [0.2, 0.25) is 5.91 Å². The molecule has 0 rings (SSSR count). The van der Waals surface area contributed by atoms with Gasteiger partial charge in [-0.3, -0.25) is 9.59 Å². The van der Waals surface area contributed by atoms with E-state index in [1.54, 1.807) is 0 Å². The Morgan fingerprint density at radius 1 is 0.958 bits per heavy atom. The van der Waals surface area contributed by atoms with E-state index in [2.05, 4.69) is 24.5 Å². The lowest BCUT2D eigenvalue weighted by molar-refractivity contribution is -0.211. The molecule has 1 amide bonds. The van der Waals surface area contributed by atoms with Crippen molar-refractivity contribution in [3.63, 3.8) is 0 Å². The van der Waals surface area contributed by atoms with Crippen LogP contribution < -0.4 is 10.6 Å². The first-order valence-electron chi connectivity index (χ1n) is 8.94. The van der Waals surface area contributed by atoms with Crippen molar-refractivity contribution in [2.45, 2.75) is 72.6 Å². The van der Waals surface area contributed by atoms with Crippen molar-refractivity contribution in [1.29, 1.82) is 0 Å². The van der Waals surface area contributed by atoms with E-state index in [1.165, 1.54) is 0 Å². The van der Waals surface area contributed by atoms with Crippen LogP contribution in [0.3, 0.4) is 0 Å². The zero-order valence-corrected chi connectivity index (χ0v) is 16.2. The monoisotopic (exact) mass is 344 g/mol. The minimum atomic E-state index is -0.674. The van der Waals surface area contributed by atoms with Crippen LogP contribution in [0.2, 0.25) is 0 Å². The fourth-order valence-corrected chi connectivity index (χ4v) is 1.97. The van der Waals surface area contributed by atoms with Gasteiger partial charge in [0.05, 0.1) is 13.2 Å². The summed E-state index contributed by atoms with van der Waals surface area (Å²) in [5, 5.41) is 6.07. The van der Waals surface area contributed by atoms with Gasteiger partial charge in [0.25, 0.3) is 0 Å². The Labute approximate surface area is 147 Å².